The maximum atomic E-state index is 13.7. The molecule has 0 aliphatic heterocycles. The molecule has 2 nitrogen and oxygen atoms in total. The molecule has 0 spiro atoms. The van der Waals surface area contributed by atoms with E-state index in [-0.39, 0.29) is 11.6 Å². The summed E-state index contributed by atoms with van der Waals surface area (Å²) in [5.74, 6) is 0.408. The average Bonchev–Trinajstić information content (AvgIpc) is 2.80. The molecule has 2 aromatic rings. The summed E-state index contributed by atoms with van der Waals surface area (Å²) < 4.78 is 19.2. The van der Waals surface area contributed by atoms with E-state index in [4.69, 9.17) is 4.74 Å². The summed E-state index contributed by atoms with van der Waals surface area (Å²) >= 11 is 1.62. The van der Waals surface area contributed by atoms with Gasteiger partial charge in [-0.3, -0.25) is 0 Å². The lowest BCUT2D eigenvalue weighted by Crippen LogP contribution is -1.99. The number of ether oxygens (including phenoxy) is 1. The highest BCUT2D eigenvalue weighted by atomic mass is 32.1. The maximum absolute atomic E-state index is 13.7. The normalized spacial score (nSPS) is 10.9. The Hall–Kier alpha value is -1.42. The Morgan fingerprint density at radius 2 is 2.17 bits per heavy atom. The summed E-state index contributed by atoms with van der Waals surface area (Å²) in [4.78, 5) is 4.45. The zero-order valence-corrected chi connectivity index (χ0v) is 11.6. The second-order valence-electron chi connectivity index (χ2n) is 4.51. The Balaban J connectivity index is 2.04. The van der Waals surface area contributed by atoms with Crippen LogP contribution in [-0.4, -0.2) is 4.98 Å². The molecule has 4 heteroatoms. The van der Waals surface area contributed by atoms with Gasteiger partial charge in [-0.05, 0) is 18.6 Å². The lowest BCUT2D eigenvalue weighted by atomic mass is 10.2. The van der Waals surface area contributed by atoms with Gasteiger partial charge in [0.05, 0.1) is 10.7 Å². The van der Waals surface area contributed by atoms with Crippen LogP contribution in [0.15, 0.2) is 23.6 Å². The van der Waals surface area contributed by atoms with Gasteiger partial charge in [0, 0.05) is 11.3 Å². The molecule has 0 amide bonds. The summed E-state index contributed by atoms with van der Waals surface area (Å²) in [6.45, 7) is 6.24. The first-order chi connectivity index (χ1) is 8.58. The monoisotopic (exact) mass is 265 g/mol. The smallest absolute Gasteiger partial charge is 0.167 e. The second kappa shape index (κ2) is 5.48. The summed E-state index contributed by atoms with van der Waals surface area (Å²) in [7, 11) is 0. The molecule has 1 aromatic heterocycles. The number of benzene rings is 1. The molecule has 0 N–H and O–H groups in total. The molecule has 0 radical (unpaired) electrons. The van der Waals surface area contributed by atoms with Gasteiger partial charge < -0.3 is 4.74 Å². The van der Waals surface area contributed by atoms with Crippen molar-refractivity contribution in [3.63, 3.8) is 0 Å². The van der Waals surface area contributed by atoms with E-state index in [1.807, 2.05) is 5.38 Å². The van der Waals surface area contributed by atoms with E-state index in [2.05, 4.69) is 18.8 Å². The Labute approximate surface area is 110 Å². The first-order valence-electron chi connectivity index (χ1n) is 5.90. The van der Waals surface area contributed by atoms with Crippen LogP contribution < -0.4 is 4.74 Å². The minimum absolute atomic E-state index is 0.286. The lowest BCUT2D eigenvalue weighted by molar-refractivity contribution is 0.285. The van der Waals surface area contributed by atoms with Crippen LogP contribution in [0.25, 0.3) is 0 Å². The molecule has 0 bridgehead atoms. The van der Waals surface area contributed by atoms with Crippen molar-refractivity contribution in [1.82, 2.24) is 4.98 Å². The van der Waals surface area contributed by atoms with Gasteiger partial charge in [-0.15, -0.1) is 11.3 Å². The predicted octanol–water partition coefficient (Wildman–Crippen LogP) is 4.29. The van der Waals surface area contributed by atoms with Crippen LogP contribution >= 0.6 is 11.3 Å². The van der Waals surface area contributed by atoms with E-state index in [0.717, 1.165) is 10.7 Å². The Bertz CT molecular complexity index is 536. The summed E-state index contributed by atoms with van der Waals surface area (Å²) in [6, 6.07) is 5.15. The molecule has 1 heterocycles. The molecule has 0 unspecified atom stereocenters. The maximum Gasteiger partial charge on any atom is 0.167 e. The Kier molecular flexibility index (Phi) is 3.97. The van der Waals surface area contributed by atoms with Gasteiger partial charge >= 0.3 is 0 Å². The first kappa shape index (κ1) is 13.0. The van der Waals surface area contributed by atoms with Gasteiger partial charge in [-0.2, -0.15) is 0 Å². The summed E-state index contributed by atoms with van der Waals surface area (Å²) in [5.41, 5.74) is 1.44. The number of aromatic nitrogens is 1. The minimum Gasteiger partial charge on any atom is -0.484 e. The summed E-state index contributed by atoms with van der Waals surface area (Å²) in [5, 5.41) is 3.04. The SMILES string of the molecule is Cc1cccc(OCc2csc(C(C)C)n2)c1F. The van der Waals surface area contributed by atoms with Gasteiger partial charge in [0.15, 0.2) is 11.6 Å². The molecule has 0 fully saturated rings. The van der Waals surface area contributed by atoms with Gasteiger partial charge in [0.2, 0.25) is 0 Å². The fourth-order valence-corrected chi connectivity index (χ4v) is 2.36. The average molecular weight is 265 g/mol. The summed E-state index contributed by atoms with van der Waals surface area (Å²) in [6.07, 6.45) is 0. The number of nitrogens with zero attached hydrogens (tertiary/aromatic N) is 1. The molecule has 0 aliphatic rings. The van der Waals surface area contributed by atoms with E-state index in [1.165, 1.54) is 0 Å². The Morgan fingerprint density at radius 3 is 2.83 bits per heavy atom. The zero-order chi connectivity index (χ0) is 13.1. The number of halogens is 1. The third-order valence-corrected chi connectivity index (χ3v) is 3.79. The molecule has 0 atom stereocenters. The van der Waals surface area contributed by atoms with E-state index in [0.29, 0.717) is 18.1 Å². The van der Waals surface area contributed by atoms with Gasteiger partial charge in [0.25, 0.3) is 0 Å². The fourth-order valence-electron chi connectivity index (χ4n) is 1.54. The highest BCUT2D eigenvalue weighted by Crippen LogP contribution is 2.23. The van der Waals surface area contributed by atoms with Crippen LogP contribution in [0.2, 0.25) is 0 Å². The van der Waals surface area contributed by atoms with Crippen molar-refractivity contribution in [2.24, 2.45) is 0 Å². The van der Waals surface area contributed by atoms with Gasteiger partial charge in [-0.1, -0.05) is 26.0 Å². The molecule has 18 heavy (non-hydrogen) atoms. The largest absolute Gasteiger partial charge is 0.484 e. The van der Waals surface area contributed by atoms with E-state index in [1.54, 1.807) is 36.5 Å². The third kappa shape index (κ3) is 2.88. The quantitative estimate of drug-likeness (QED) is 0.822. The van der Waals surface area contributed by atoms with E-state index in [9.17, 15) is 4.39 Å². The number of hydrogen-bond donors (Lipinski definition) is 0. The predicted molar refractivity (Wildman–Crippen MR) is 71.7 cm³/mol. The van der Waals surface area contributed by atoms with Crippen molar-refractivity contribution in [3.8, 4) is 5.75 Å². The highest BCUT2D eigenvalue weighted by Gasteiger charge is 2.09. The van der Waals surface area contributed by atoms with Gasteiger partial charge in [-0.25, -0.2) is 9.37 Å². The van der Waals surface area contributed by atoms with Crippen LogP contribution in [0.1, 0.15) is 36.0 Å². The molecular weight excluding hydrogens is 249 g/mol. The lowest BCUT2D eigenvalue weighted by Gasteiger charge is -2.06. The fraction of sp³-hybridized carbons (Fsp3) is 0.357. The van der Waals surface area contributed by atoms with Crippen molar-refractivity contribution < 1.29 is 9.13 Å². The minimum atomic E-state index is -0.295. The Morgan fingerprint density at radius 1 is 1.39 bits per heavy atom. The van der Waals surface area contributed by atoms with Crippen molar-refractivity contribution in [2.75, 3.05) is 0 Å². The number of aryl methyl sites for hydroxylation is 1. The molecular formula is C14H16FNOS. The third-order valence-electron chi connectivity index (χ3n) is 2.60. The number of thiazole rings is 1. The second-order valence-corrected chi connectivity index (χ2v) is 5.40. The van der Waals surface area contributed by atoms with Gasteiger partial charge in [0.1, 0.15) is 6.61 Å². The number of rotatable bonds is 4. The van der Waals surface area contributed by atoms with Crippen LogP contribution in [0.3, 0.4) is 0 Å². The molecule has 0 saturated heterocycles. The van der Waals surface area contributed by atoms with E-state index < -0.39 is 0 Å². The van der Waals surface area contributed by atoms with Crippen LogP contribution in [-0.2, 0) is 6.61 Å². The topological polar surface area (TPSA) is 22.1 Å². The van der Waals surface area contributed by atoms with Crippen LogP contribution in [0.5, 0.6) is 5.75 Å². The van der Waals surface area contributed by atoms with Crippen molar-refractivity contribution in [2.45, 2.75) is 33.3 Å². The van der Waals surface area contributed by atoms with Crippen LogP contribution in [0, 0.1) is 12.7 Å². The van der Waals surface area contributed by atoms with Crippen LogP contribution in [0.4, 0.5) is 4.39 Å². The first-order valence-corrected chi connectivity index (χ1v) is 6.78. The van der Waals surface area contributed by atoms with Crippen molar-refractivity contribution >= 4 is 11.3 Å². The molecule has 1 aromatic carbocycles. The molecule has 0 aliphatic carbocycles. The zero-order valence-electron chi connectivity index (χ0n) is 10.7. The van der Waals surface area contributed by atoms with E-state index >= 15 is 0 Å². The van der Waals surface area contributed by atoms with Crippen molar-refractivity contribution in [3.05, 3.63) is 45.7 Å². The molecule has 96 valence electrons. The molecule has 2 rings (SSSR count). The number of hydrogen-bond acceptors (Lipinski definition) is 3. The standard InChI is InChI=1S/C14H16FNOS/c1-9(2)14-16-11(8-18-14)7-17-12-6-4-5-10(3)13(12)15/h4-6,8-9H,7H2,1-3H3. The highest BCUT2D eigenvalue weighted by molar-refractivity contribution is 7.09. The van der Waals surface area contributed by atoms with Crippen molar-refractivity contribution in [1.29, 1.82) is 0 Å². The molecule has 0 saturated carbocycles.